The predicted molar refractivity (Wildman–Crippen MR) is 86.1 cm³/mol. The van der Waals surface area contributed by atoms with Gasteiger partial charge in [0.05, 0.1) is 12.8 Å². The van der Waals surface area contributed by atoms with Crippen LogP contribution in [0.2, 0.25) is 5.02 Å². The van der Waals surface area contributed by atoms with Crippen LogP contribution < -0.4 is 4.74 Å². The van der Waals surface area contributed by atoms with E-state index in [1.807, 2.05) is 24.3 Å². The molecule has 0 bridgehead atoms. The zero-order chi connectivity index (χ0) is 15.5. The first-order valence-electron chi connectivity index (χ1n) is 6.62. The number of hydrogen-bond donors (Lipinski definition) is 1. The van der Waals surface area contributed by atoms with Gasteiger partial charge in [-0.2, -0.15) is 0 Å². The Morgan fingerprint density at radius 2 is 1.82 bits per heavy atom. The van der Waals surface area contributed by atoms with Gasteiger partial charge in [-0.3, -0.25) is 0 Å². The summed E-state index contributed by atoms with van der Waals surface area (Å²) in [6.45, 7) is 0. The van der Waals surface area contributed by atoms with Crippen molar-refractivity contribution in [2.24, 2.45) is 0 Å². The Morgan fingerprint density at radius 3 is 2.50 bits per heavy atom. The van der Waals surface area contributed by atoms with Crippen LogP contribution in [0.25, 0.3) is 22.4 Å². The molecule has 1 N–H and O–H groups in total. The minimum atomic E-state index is 0.105. The number of ether oxygens (including phenoxy) is 1. The van der Waals surface area contributed by atoms with Crippen molar-refractivity contribution in [1.29, 1.82) is 0 Å². The first kappa shape index (κ1) is 14.4. The van der Waals surface area contributed by atoms with E-state index in [1.165, 1.54) is 6.33 Å². The van der Waals surface area contributed by atoms with Gasteiger partial charge in [0.2, 0.25) is 0 Å². The van der Waals surface area contributed by atoms with Crippen molar-refractivity contribution in [2.75, 3.05) is 7.11 Å². The molecule has 0 amide bonds. The predicted octanol–water partition coefficient (Wildman–Crippen LogP) is 4.18. The lowest BCUT2D eigenvalue weighted by molar-refractivity contribution is 0.408. The summed E-state index contributed by atoms with van der Waals surface area (Å²) in [4.78, 5) is 8.40. The van der Waals surface area contributed by atoms with E-state index in [-0.39, 0.29) is 5.75 Å². The Kier molecular flexibility index (Phi) is 3.94. The largest absolute Gasteiger partial charge is 0.507 e. The van der Waals surface area contributed by atoms with Crippen molar-refractivity contribution < 1.29 is 9.84 Å². The van der Waals surface area contributed by atoms with E-state index >= 15 is 0 Å². The molecule has 0 fully saturated rings. The maximum atomic E-state index is 10.2. The molecule has 22 heavy (non-hydrogen) atoms. The number of hydrogen-bond acceptors (Lipinski definition) is 4. The average Bonchev–Trinajstić information content (AvgIpc) is 2.55. The number of methoxy groups -OCH3 is 1. The molecule has 0 atom stereocenters. The van der Waals surface area contributed by atoms with E-state index in [4.69, 9.17) is 16.3 Å². The molecule has 0 aliphatic rings. The standard InChI is InChI=1S/C17H13ClN2O2/c1-22-13-6-7-14(16(21)8-13)17-15(9-19-10-20-17)11-2-4-12(18)5-3-11/h2-10,21H,1H3. The molecule has 0 unspecified atom stereocenters. The molecule has 0 aliphatic heterocycles. The van der Waals surface area contributed by atoms with Gasteiger partial charge in [-0.15, -0.1) is 0 Å². The zero-order valence-corrected chi connectivity index (χ0v) is 12.6. The Balaban J connectivity index is 2.14. The normalized spacial score (nSPS) is 10.5. The topological polar surface area (TPSA) is 55.2 Å². The number of rotatable bonds is 3. The van der Waals surface area contributed by atoms with Gasteiger partial charge in [-0.1, -0.05) is 23.7 Å². The molecule has 3 rings (SSSR count). The van der Waals surface area contributed by atoms with Crippen molar-refractivity contribution >= 4 is 11.6 Å². The van der Waals surface area contributed by atoms with Crippen molar-refractivity contribution in [2.45, 2.75) is 0 Å². The number of phenolic OH excluding ortho intramolecular Hbond substituents is 1. The molecule has 2 aromatic carbocycles. The molecule has 3 aromatic rings. The van der Waals surface area contributed by atoms with Gasteiger partial charge in [-0.25, -0.2) is 9.97 Å². The van der Waals surface area contributed by atoms with Gasteiger partial charge < -0.3 is 9.84 Å². The summed E-state index contributed by atoms with van der Waals surface area (Å²) in [7, 11) is 1.55. The summed E-state index contributed by atoms with van der Waals surface area (Å²) in [5.41, 5.74) is 3.01. The molecular formula is C17H13ClN2O2. The van der Waals surface area contributed by atoms with Gasteiger partial charge in [-0.05, 0) is 29.8 Å². The maximum Gasteiger partial charge on any atom is 0.128 e. The van der Waals surface area contributed by atoms with E-state index in [9.17, 15) is 5.11 Å². The van der Waals surface area contributed by atoms with Crippen molar-refractivity contribution in [3.63, 3.8) is 0 Å². The smallest absolute Gasteiger partial charge is 0.128 e. The lowest BCUT2D eigenvalue weighted by Crippen LogP contribution is -1.92. The quantitative estimate of drug-likeness (QED) is 0.788. The van der Waals surface area contributed by atoms with Crippen LogP contribution in [0.5, 0.6) is 11.5 Å². The number of nitrogens with zero attached hydrogens (tertiary/aromatic N) is 2. The first-order chi connectivity index (χ1) is 10.7. The molecule has 1 aromatic heterocycles. The van der Waals surface area contributed by atoms with Crippen molar-refractivity contribution in [1.82, 2.24) is 9.97 Å². The highest BCUT2D eigenvalue weighted by atomic mass is 35.5. The second-order valence-electron chi connectivity index (χ2n) is 4.67. The molecule has 110 valence electrons. The third kappa shape index (κ3) is 2.73. The summed E-state index contributed by atoms with van der Waals surface area (Å²) < 4.78 is 5.11. The second-order valence-corrected chi connectivity index (χ2v) is 5.11. The summed E-state index contributed by atoms with van der Waals surface area (Å²) in [6.07, 6.45) is 3.17. The third-order valence-corrected chi connectivity index (χ3v) is 3.58. The van der Waals surface area contributed by atoms with Crippen LogP contribution in [0.3, 0.4) is 0 Å². The highest BCUT2D eigenvalue weighted by molar-refractivity contribution is 6.30. The molecule has 0 spiro atoms. The Hall–Kier alpha value is -2.59. The fraction of sp³-hybridized carbons (Fsp3) is 0.0588. The monoisotopic (exact) mass is 312 g/mol. The minimum absolute atomic E-state index is 0.105. The highest BCUT2D eigenvalue weighted by Crippen LogP contribution is 2.36. The fourth-order valence-corrected chi connectivity index (χ4v) is 2.35. The second kappa shape index (κ2) is 6.03. The van der Waals surface area contributed by atoms with Crippen LogP contribution >= 0.6 is 11.6 Å². The molecule has 0 saturated heterocycles. The third-order valence-electron chi connectivity index (χ3n) is 3.33. The number of halogens is 1. The molecular weight excluding hydrogens is 300 g/mol. The summed E-state index contributed by atoms with van der Waals surface area (Å²) >= 11 is 5.93. The fourth-order valence-electron chi connectivity index (χ4n) is 2.22. The Bertz CT molecular complexity index is 804. The van der Waals surface area contributed by atoms with Gasteiger partial charge in [0.15, 0.2) is 0 Å². The molecule has 1 heterocycles. The summed E-state index contributed by atoms with van der Waals surface area (Å²) in [6, 6.07) is 12.5. The molecule has 0 saturated carbocycles. The number of aromatic nitrogens is 2. The van der Waals surface area contributed by atoms with Crippen LogP contribution in [0.15, 0.2) is 55.0 Å². The zero-order valence-electron chi connectivity index (χ0n) is 11.8. The van der Waals surface area contributed by atoms with E-state index in [2.05, 4.69) is 9.97 Å². The Morgan fingerprint density at radius 1 is 1.05 bits per heavy atom. The maximum absolute atomic E-state index is 10.2. The molecule has 4 nitrogen and oxygen atoms in total. The van der Waals surface area contributed by atoms with Gasteiger partial charge in [0.1, 0.15) is 17.8 Å². The van der Waals surface area contributed by atoms with E-state index in [1.54, 1.807) is 31.5 Å². The lowest BCUT2D eigenvalue weighted by atomic mass is 10.0. The van der Waals surface area contributed by atoms with Gasteiger partial charge in [0, 0.05) is 28.4 Å². The minimum Gasteiger partial charge on any atom is -0.507 e. The first-order valence-corrected chi connectivity index (χ1v) is 7.00. The molecule has 0 radical (unpaired) electrons. The number of benzene rings is 2. The van der Waals surface area contributed by atoms with Crippen LogP contribution in [-0.2, 0) is 0 Å². The SMILES string of the molecule is COc1ccc(-c2ncncc2-c2ccc(Cl)cc2)c(O)c1. The molecule has 5 heteroatoms. The van der Waals surface area contributed by atoms with Crippen molar-refractivity contribution in [3.05, 3.63) is 60.0 Å². The van der Waals surface area contributed by atoms with Crippen LogP contribution in [0.4, 0.5) is 0 Å². The average molecular weight is 313 g/mol. The molecule has 0 aliphatic carbocycles. The van der Waals surface area contributed by atoms with E-state index in [0.717, 1.165) is 11.1 Å². The van der Waals surface area contributed by atoms with Gasteiger partial charge >= 0.3 is 0 Å². The van der Waals surface area contributed by atoms with Gasteiger partial charge in [0.25, 0.3) is 0 Å². The lowest BCUT2D eigenvalue weighted by Gasteiger charge is -2.11. The number of phenols is 1. The summed E-state index contributed by atoms with van der Waals surface area (Å²) in [5.74, 6) is 0.691. The van der Waals surface area contributed by atoms with Crippen LogP contribution in [0, 0.1) is 0 Å². The van der Waals surface area contributed by atoms with Crippen LogP contribution in [-0.4, -0.2) is 22.2 Å². The van der Waals surface area contributed by atoms with Crippen molar-refractivity contribution in [3.8, 4) is 33.9 Å². The van der Waals surface area contributed by atoms with E-state index in [0.29, 0.717) is 22.0 Å². The Labute approximate surface area is 133 Å². The van der Waals surface area contributed by atoms with Crippen LogP contribution in [0.1, 0.15) is 0 Å². The number of aromatic hydroxyl groups is 1. The highest BCUT2D eigenvalue weighted by Gasteiger charge is 2.13. The summed E-state index contributed by atoms with van der Waals surface area (Å²) in [5, 5.41) is 10.9. The van der Waals surface area contributed by atoms with E-state index < -0.39 is 0 Å².